The minimum atomic E-state index is -4.35. The van der Waals surface area contributed by atoms with E-state index in [1.807, 2.05) is 0 Å². The molecule has 0 radical (unpaired) electrons. The number of alkyl halides is 3. The van der Waals surface area contributed by atoms with Crippen molar-refractivity contribution in [2.75, 3.05) is 0 Å². The smallest absolute Gasteiger partial charge is 0.275 e. The van der Waals surface area contributed by atoms with E-state index in [1.54, 1.807) is 25.4 Å². The molecule has 0 amide bonds. The van der Waals surface area contributed by atoms with Crippen LogP contribution in [0, 0.1) is 0 Å². The van der Waals surface area contributed by atoms with Crippen LogP contribution in [-0.2, 0) is 13.2 Å². The van der Waals surface area contributed by atoms with E-state index in [2.05, 4.69) is 5.10 Å². The topological polar surface area (TPSA) is 17.8 Å². The Morgan fingerprint density at radius 1 is 1.12 bits per heavy atom. The quantitative estimate of drug-likeness (QED) is 0.730. The summed E-state index contributed by atoms with van der Waals surface area (Å²) >= 11 is 0. The lowest BCUT2D eigenvalue weighted by Crippen LogP contribution is -2.07. The standard InChI is InChI=1S/C11H9F3N2/c1-16-7-6-10(15-16)8-4-2-3-5-9(8)11(12,13)14/h2-7H,1H3. The highest BCUT2D eigenvalue weighted by atomic mass is 19.4. The third-order valence-electron chi connectivity index (χ3n) is 2.22. The first kappa shape index (κ1) is 10.7. The summed E-state index contributed by atoms with van der Waals surface area (Å²) in [6.45, 7) is 0. The van der Waals surface area contributed by atoms with Gasteiger partial charge in [-0.1, -0.05) is 18.2 Å². The van der Waals surface area contributed by atoms with E-state index < -0.39 is 11.7 Å². The minimum absolute atomic E-state index is 0.107. The summed E-state index contributed by atoms with van der Waals surface area (Å²) in [4.78, 5) is 0. The molecule has 1 aromatic carbocycles. The summed E-state index contributed by atoms with van der Waals surface area (Å²) in [5, 5.41) is 3.97. The van der Waals surface area contributed by atoms with Crippen molar-refractivity contribution in [1.29, 1.82) is 0 Å². The molecule has 0 N–H and O–H groups in total. The molecule has 1 heterocycles. The van der Waals surface area contributed by atoms with Gasteiger partial charge in [0, 0.05) is 18.8 Å². The highest BCUT2D eigenvalue weighted by molar-refractivity contribution is 5.64. The first-order valence-corrected chi connectivity index (χ1v) is 4.65. The van der Waals surface area contributed by atoms with Gasteiger partial charge in [0.1, 0.15) is 0 Å². The molecule has 0 aliphatic carbocycles. The fourth-order valence-corrected chi connectivity index (χ4v) is 1.51. The number of aromatic nitrogens is 2. The monoisotopic (exact) mass is 226 g/mol. The third kappa shape index (κ3) is 1.93. The van der Waals surface area contributed by atoms with E-state index in [0.717, 1.165) is 6.07 Å². The van der Waals surface area contributed by atoms with Crippen LogP contribution in [0.15, 0.2) is 36.5 Å². The van der Waals surface area contributed by atoms with Gasteiger partial charge in [-0.2, -0.15) is 18.3 Å². The van der Waals surface area contributed by atoms with E-state index in [9.17, 15) is 13.2 Å². The van der Waals surface area contributed by atoms with Crippen LogP contribution in [0.5, 0.6) is 0 Å². The number of nitrogens with zero attached hydrogens (tertiary/aromatic N) is 2. The number of rotatable bonds is 1. The first-order chi connectivity index (χ1) is 7.48. The van der Waals surface area contributed by atoms with Crippen molar-refractivity contribution in [1.82, 2.24) is 9.78 Å². The maximum atomic E-state index is 12.7. The number of hydrogen-bond donors (Lipinski definition) is 0. The van der Waals surface area contributed by atoms with Crippen LogP contribution in [0.3, 0.4) is 0 Å². The fourth-order valence-electron chi connectivity index (χ4n) is 1.51. The Labute approximate surface area is 90.3 Å². The first-order valence-electron chi connectivity index (χ1n) is 4.65. The van der Waals surface area contributed by atoms with E-state index in [4.69, 9.17) is 0 Å². The Morgan fingerprint density at radius 3 is 2.38 bits per heavy atom. The Balaban J connectivity index is 2.57. The van der Waals surface area contributed by atoms with Gasteiger partial charge in [0.2, 0.25) is 0 Å². The normalized spacial score (nSPS) is 11.8. The summed E-state index contributed by atoms with van der Waals surface area (Å²) in [6.07, 6.45) is -2.74. The van der Waals surface area contributed by atoms with Gasteiger partial charge in [0.15, 0.2) is 0 Å². The molecule has 0 atom stereocenters. The van der Waals surface area contributed by atoms with Crippen molar-refractivity contribution in [2.24, 2.45) is 7.05 Å². The molecule has 16 heavy (non-hydrogen) atoms. The van der Waals surface area contributed by atoms with E-state index in [0.29, 0.717) is 5.69 Å². The molecule has 0 bridgehead atoms. The van der Waals surface area contributed by atoms with Crippen molar-refractivity contribution >= 4 is 0 Å². The summed E-state index contributed by atoms with van der Waals surface area (Å²) in [5.74, 6) is 0. The van der Waals surface area contributed by atoms with Crippen molar-refractivity contribution in [3.63, 3.8) is 0 Å². The van der Waals surface area contributed by atoms with Gasteiger partial charge in [-0.15, -0.1) is 0 Å². The molecule has 84 valence electrons. The molecule has 2 nitrogen and oxygen atoms in total. The molecule has 0 saturated heterocycles. The second-order valence-electron chi connectivity index (χ2n) is 3.42. The molecule has 0 spiro atoms. The molecular formula is C11H9F3N2. The van der Waals surface area contributed by atoms with E-state index in [-0.39, 0.29) is 5.56 Å². The zero-order chi connectivity index (χ0) is 11.8. The van der Waals surface area contributed by atoms with Crippen molar-refractivity contribution in [3.05, 3.63) is 42.1 Å². The Kier molecular flexibility index (Phi) is 2.46. The van der Waals surface area contributed by atoms with Crippen LogP contribution in [0.2, 0.25) is 0 Å². The molecule has 0 saturated carbocycles. The average molecular weight is 226 g/mol. The Morgan fingerprint density at radius 2 is 1.81 bits per heavy atom. The van der Waals surface area contributed by atoms with E-state index in [1.165, 1.54) is 16.8 Å². The van der Waals surface area contributed by atoms with Gasteiger partial charge < -0.3 is 0 Å². The van der Waals surface area contributed by atoms with Gasteiger partial charge in [0.25, 0.3) is 0 Å². The zero-order valence-corrected chi connectivity index (χ0v) is 8.49. The fraction of sp³-hybridized carbons (Fsp3) is 0.182. The van der Waals surface area contributed by atoms with Gasteiger partial charge in [-0.3, -0.25) is 4.68 Å². The average Bonchev–Trinajstić information content (AvgIpc) is 2.64. The van der Waals surface area contributed by atoms with Gasteiger partial charge in [0.05, 0.1) is 11.3 Å². The Bertz CT molecular complexity index is 500. The molecule has 0 aliphatic rings. The molecule has 1 aromatic heterocycles. The highest BCUT2D eigenvalue weighted by Crippen LogP contribution is 2.36. The largest absolute Gasteiger partial charge is 0.417 e. The predicted molar refractivity (Wildman–Crippen MR) is 53.6 cm³/mol. The molecule has 0 fully saturated rings. The lowest BCUT2D eigenvalue weighted by Gasteiger charge is -2.10. The summed E-state index contributed by atoms with van der Waals surface area (Å²) in [7, 11) is 1.67. The van der Waals surface area contributed by atoms with Crippen molar-refractivity contribution in [3.8, 4) is 11.3 Å². The summed E-state index contributed by atoms with van der Waals surface area (Å²) < 4.78 is 39.6. The lowest BCUT2D eigenvalue weighted by molar-refractivity contribution is -0.137. The summed E-state index contributed by atoms with van der Waals surface area (Å²) in [6, 6.07) is 6.98. The van der Waals surface area contributed by atoms with Crippen LogP contribution in [-0.4, -0.2) is 9.78 Å². The maximum Gasteiger partial charge on any atom is 0.417 e. The number of halogens is 3. The SMILES string of the molecule is Cn1ccc(-c2ccccc2C(F)(F)F)n1. The van der Waals surface area contributed by atoms with Gasteiger partial charge in [-0.25, -0.2) is 0 Å². The summed E-state index contributed by atoms with van der Waals surface area (Å²) in [5.41, 5.74) is -0.222. The van der Waals surface area contributed by atoms with E-state index >= 15 is 0 Å². The third-order valence-corrected chi connectivity index (χ3v) is 2.22. The molecule has 5 heteroatoms. The zero-order valence-electron chi connectivity index (χ0n) is 8.49. The molecule has 2 aromatic rings. The second kappa shape index (κ2) is 3.66. The predicted octanol–water partition coefficient (Wildman–Crippen LogP) is 3.11. The maximum absolute atomic E-state index is 12.7. The minimum Gasteiger partial charge on any atom is -0.275 e. The Hall–Kier alpha value is -1.78. The lowest BCUT2D eigenvalue weighted by atomic mass is 10.0. The molecular weight excluding hydrogens is 217 g/mol. The molecule has 0 aliphatic heterocycles. The molecule has 0 unspecified atom stereocenters. The van der Waals surface area contributed by atoms with Crippen LogP contribution in [0.25, 0.3) is 11.3 Å². The number of benzene rings is 1. The number of aryl methyl sites for hydroxylation is 1. The number of hydrogen-bond acceptors (Lipinski definition) is 1. The van der Waals surface area contributed by atoms with Gasteiger partial charge >= 0.3 is 6.18 Å². The second-order valence-corrected chi connectivity index (χ2v) is 3.42. The van der Waals surface area contributed by atoms with Crippen LogP contribution in [0.4, 0.5) is 13.2 Å². The van der Waals surface area contributed by atoms with Crippen LogP contribution in [0.1, 0.15) is 5.56 Å². The van der Waals surface area contributed by atoms with Crippen molar-refractivity contribution < 1.29 is 13.2 Å². The van der Waals surface area contributed by atoms with Crippen molar-refractivity contribution in [2.45, 2.75) is 6.18 Å². The van der Waals surface area contributed by atoms with Crippen LogP contribution < -0.4 is 0 Å². The van der Waals surface area contributed by atoms with Crippen LogP contribution >= 0.6 is 0 Å². The molecule has 2 rings (SSSR count). The van der Waals surface area contributed by atoms with Gasteiger partial charge in [-0.05, 0) is 12.1 Å². The highest BCUT2D eigenvalue weighted by Gasteiger charge is 2.33.